The van der Waals surface area contributed by atoms with Crippen molar-refractivity contribution in [3.63, 3.8) is 0 Å². The molecule has 0 aromatic heterocycles. The van der Waals surface area contributed by atoms with E-state index in [4.69, 9.17) is 0 Å². The smallest absolute Gasteiger partial charge is 0.233 e. The number of aliphatic hydroxyl groups excluding tert-OH is 1. The van der Waals surface area contributed by atoms with Crippen LogP contribution in [-0.2, 0) is 4.79 Å². The predicted molar refractivity (Wildman–Crippen MR) is 64.0 cm³/mol. The van der Waals surface area contributed by atoms with E-state index >= 15 is 0 Å². The van der Waals surface area contributed by atoms with Gasteiger partial charge < -0.3 is 10.4 Å². The number of carbonyl (C=O) groups is 1. The average Bonchev–Trinajstić information content (AvgIpc) is 2.25. The van der Waals surface area contributed by atoms with Crippen molar-refractivity contribution in [2.45, 2.75) is 50.0 Å². The Morgan fingerprint density at radius 3 is 2.93 bits per heavy atom. The van der Waals surface area contributed by atoms with Crippen molar-refractivity contribution in [1.82, 2.24) is 5.32 Å². The second-order valence-corrected chi connectivity index (χ2v) is 5.41. The highest BCUT2D eigenvalue weighted by molar-refractivity contribution is 9.10. The molecule has 1 amide bonds. The average molecular weight is 278 g/mol. The standard InChI is InChI=1S/C11H20BrNO2/c1-2-10(12)11(15)13-7-8-4-3-5-9(14)6-8/h8-10,14H,2-7H2,1H3,(H,13,15). The Morgan fingerprint density at radius 1 is 1.60 bits per heavy atom. The fraction of sp³-hybridized carbons (Fsp3) is 0.909. The van der Waals surface area contributed by atoms with E-state index in [1.165, 1.54) is 0 Å². The van der Waals surface area contributed by atoms with E-state index in [2.05, 4.69) is 21.2 Å². The molecule has 0 radical (unpaired) electrons. The van der Waals surface area contributed by atoms with Gasteiger partial charge in [0.05, 0.1) is 10.9 Å². The van der Waals surface area contributed by atoms with Crippen molar-refractivity contribution < 1.29 is 9.90 Å². The van der Waals surface area contributed by atoms with Gasteiger partial charge in [-0.2, -0.15) is 0 Å². The van der Waals surface area contributed by atoms with Gasteiger partial charge in [0, 0.05) is 6.54 Å². The number of rotatable bonds is 4. The molecule has 3 atom stereocenters. The largest absolute Gasteiger partial charge is 0.393 e. The fourth-order valence-electron chi connectivity index (χ4n) is 1.99. The first-order valence-electron chi connectivity index (χ1n) is 5.73. The van der Waals surface area contributed by atoms with Crippen LogP contribution in [0.4, 0.5) is 0 Å². The molecule has 4 heteroatoms. The molecule has 0 aromatic rings. The first-order valence-corrected chi connectivity index (χ1v) is 6.65. The van der Waals surface area contributed by atoms with Gasteiger partial charge in [-0.25, -0.2) is 0 Å². The Balaban J connectivity index is 2.21. The highest BCUT2D eigenvalue weighted by atomic mass is 79.9. The van der Waals surface area contributed by atoms with Crippen molar-refractivity contribution in [3.05, 3.63) is 0 Å². The van der Waals surface area contributed by atoms with Crippen LogP contribution >= 0.6 is 15.9 Å². The SMILES string of the molecule is CCC(Br)C(=O)NCC1CCCC(O)C1. The van der Waals surface area contributed by atoms with E-state index in [0.29, 0.717) is 12.5 Å². The minimum absolute atomic E-state index is 0.0672. The number of hydrogen-bond donors (Lipinski definition) is 2. The molecule has 1 fully saturated rings. The van der Waals surface area contributed by atoms with Crippen LogP contribution in [0.15, 0.2) is 0 Å². The predicted octanol–water partition coefficient (Wildman–Crippen LogP) is 1.83. The van der Waals surface area contributed by atoms with Gasteiger partial charge in [-0.15, -0.1) is 0 Å². The molecule has 15 heavy (non-hydrogen) atoms. The number of nitrogens with one attached hydrogen (secondary N) is 1. The second-order valence-electron chi connectivity index (χ2n) is 4.31. The quantitative estimate of drug-likeness (QED) is 0.771. The monoisotopic (exact) mass is 277 g/mol. The zero-order chi connectivity index (χ0) is 11.3. The summed E-state index contributed by atoms with van der Waals surface area (Å²) in [4.78, 5) is 11.4. The summed E-state index contributed by atoms with van der Waals surface area (Å²) in [5.74, 6) is 0.520. The topological polar surface area (TPSA) is 49.3 Å². The van der Waals surface area contributed by atoms with Crippen LogP contribution in [0, 0.1) is 5.92 Å². The number of amides is 1. The summed E-state index contributed by atoms with van der Waals surface area (Å²) in [6, 6.07) is 0. The Bertz CT molecular complexity index is 211. The molecule has 2 N–H and O–H groups in total. The number of carbonyl (C=O) groups excluding carboxylic acids is 1. The molecule has 3 unspecified atom stereocenters. The summed E-state index contributed by atoms with van der Waals surface area (Å²) in [7, 11) is 0. The first kappa shape index (κ1) is 13.0. The highest BCUT2D eigenvalue weighted by Gasteiger charge is 2.21. The van der Waals surface area contributed by atoms with Crippen LogP contribution in [0.5, 0.6) is 0 Å². The third-order valence-electron chi connectivity index (χ3n) is 2.96. The number of alkyl halides is 1. The Kier molecular flexibility index (Phi) is 5.61. The van der Waals surface area contributed by atoms with Crippen LogP contribution in [-0.4, -0.2) is 28.5 Å². The summed E-state index contributed by atoms with van der Waals surface area (Å²) in [6.45, 7) is 2.68. The van der Waals surface area contributed by atoms with Crippen molar-refractivity contribution in [2.24, 2.45) is 5.92 Å². The van der Waals surface area contributed by atoms with Crippen LogP contribution in [0.3, 0.4) is 0 Å². The molecule has 0 heterocycles. The van der Waals surface area contributed by atoms with E-state index in [0.717, 1.165) is 32.1 Å². The molecule has 1 aliphatic carbocycles. The minimum Gasteiger partial charge on any atom is -0.393 e. The van der Waals surface area contributed by atoms with Gasteiger partial charge in [0.15, 0.2) is 0 Å². The maximum Gasteiger partial charge on any atom is 0.233 e. The lowest BCUT2D eigenvalue weighted by atomic mass is 9.87. The van der Waals surface area contributed by atoms with Crippen LogP contribution in [0.25, 0.3) is 0 Å². The summed E-state index contributed by atoms with van der Waals surface area (Å²) in [5.41, 5.74) is 0. The van der Waals surface area contributed by atoms with Crippen molar-refractivity contribution in [3.8, 4) is 0 Å². The summed E-state index contributed by atoms with van der Waals surface area (Å²) < 4.78 is 0. The lowest BCUT2D eigenvalue weighted by Gasteiger charge is -2.26. The summed E-state index contributed by atoms with van der Waals surface area (Å²) >= 11 is 3.32. The van der Waals surface area contributed by atoms with E-state index in [-0.39, 0.29) is 16.8 Å². The van der Waals surface area contributed by atoms with E-state index < -0.39 is 0 Å². The van der Waals surface area contributed by atoms with Gasteiger partial charge >= 0.3 is 0 Å². The molecule has 88 valence electrons. The number of halogens is 1. The zero-order valence-electron chi connectivity index (χ0n) is 9.21. The van der Waals surface area contributed by atoms with Crippen molar-refractivity contribution in [1.29, 1.82) is 0 Å². The number of aliphatic hydroxyl groups is 1. The Morgan fingerprint density at radius 2 is 2.33 bits per heavy atom. The fourth-order valence-corrected chi connectivity index (χ4v) is 2.15. The van der Waals surface area contributed by atoms with E-state index in [9.17, 15) is 9.90 Å². The molecule has 0 saturated heterocycles. The van der Waals surface area contributed by atoms with Crippen molar-refractivity contribution in [2.75, 3.05) is 6.54 Å². The van der Waals surface area contributed by atoms with Gasteiger partial charge in [0.2, 0.25) is 5.91 Å². The molecule has 0 aliphatic heterocycles. The zero-order valence-corrected chi connectivity index (χ0v) is 10.8. The first-order chi connectivity index (χ1) is 7.13. The molecule has 1 aliphatic rings. The molecule has 1 saturated carbocycles. The lowest BCUT2D eigenvalue weighted by molar-refractivity contribution is -0.120. The highest BCUT2D eigenvalue weighted by Crippen LogP contribution is 2.23. The lowest BCUT2D eigenvalue weighted by Crippen LogP contribution is -2.36. The normalized spacial score (nSPS) is 28.5. The summed E-state index contributed by atoms with van der Waals surface area (Å²) in [6.07, 6.45) is 4.59. The Labute approximate surface area is 99.8 Å². The molecule has 1 rings (SSSR count). The summed E-state index contributed by atoms with van der Waals surface area (Å²) in [5, 5.41) is 12.4. The third-order valence-corrected chi connectivity index (χ3v) is 4.03. The van der Waals surface area contributed by atoms with Crippen LogP contribution < -0.4 is 5.32 Å². The van der Waals surface area contributed by atoms with Crippen LogP contribution in [0.2, 0.25) is 0 Å². The van der Waals surface area contributed by atoms with Gasteiger partial charge in [-0.05, 0) is 31.6 Å². The van der Waals surface area contributed by atoms with Crippen LogP contribution in [0.1, 0.15) is 39.0 Å². The molecular weight excluding hydrogens is 258 g/mol. The molecule has 0 spiro atoms. The Hall–Kier alpha value is -0.0900. The third kappa shape index (κ3) is 4.51. The van der Waals surface area contributed by atoms with E-state index in [1.54, 1.807) is 0 Å². The number of hydrogen-bond acceptors (Lipinski definition) is 2. The minimum atomic E-state index is -0.161. The van der Waals surface area contributed by atoms with Gasteiger partial charge in [-0.1, -0.05) is 29.3 Å². The van der Waals surface area contributed by atoms with Gasteiger partial charge in [0.25, 0.3) is 0 Å². The molecule has 0 aromatic carbocycles. The maximum absolute atomic E-state index is 11.5. The molecule has 3 nitrogen and oxygen atoms in total. The van der Waals surface area contributed by atoms with Crippen molar-refractivity contribution >= 4 is 21.8 Å². The van der Waals surface area contributed by atoms with Gasteiger partial charge in [0.1, 0.15) is 0 Å². The molecular formula is C11H20BrNO2. The van der Waals surface area contributed by atoms with Gasteiger partial charge in [-0.3, -0.25) is 4.79 Å². The maximum atomic E-state index is 11.5. The second kappa shape index (κ2) is 6.48. The molecule has 0 bridgehead atoms. The van der Waals surface area contributed by atoms with E-state index in [1.807, 2.05) is 6.92 Å².